The lowest BCUT2D eigenvalue weighted by atomic mass is 9.76. The second-order valence-corrected chi connectivity index (χ2v) is 7.10. The fourth-order valence-corrected chi connectivity index (χ4v) is 4.00. The van der Waals surface area contributed by atoms with Crippen molar-refractivity contribution in [3.8, 4) is 5.75 Å². The van der Waals surface area contributed by atoms with E-state index in [-0.39, 0.29) is 5.41 Å². The first kappa shape index (κ1) is 16.2. The Hall–Kier alpha value is -0.210. The zero-order valence-corrected chi connectivity index (χ0v) is 14.8. The second kappa shape index (κ2) is 7.17. The van der Waals surface area contributed by atoms with Crippen LogP contribution in [0.2, 0.25) is 0 Å². The van der Waals surface area contributed by atoms with E-state index in [1.54, 1.807) is 0 Å². The summed E-state index contributed by atoms with van der Waals surface area (Å²) < 4.78 is 7.02. The first-order chi connectivity index (χ1) is 9.64. The Balaban J connectivity index is 2.27. The van der Waals surface area contributed by atoms with Crippen LogP contribution < -0.4 is 4.74 Å². The van der Waals surface area contributed by atoms with E-state index in [2.05, 4.69) is 41.9 Å². The zero-order valence-electron chi connectivity index (χ0n) is 12.5. The average Bonchev–Trinajstić information content (AvgIpc) is 2.91. The van der Waals surface area contributed by atoms with Crippen LogP contribution in [-0.2, 0) is 12.8 Å². The molecule has 0 saturated heterocycles. The number of ether oxygens (including phenoxy) is 1. The van der Waals surface area contributed by atoms with Crippen molar-refractivity contribution >= 4 is 27.5 Å². The monoisotopic (exact) mass is 358 g/mol. The standard InChI is InChI=1S/C17H24BrClO/c1-3-5-7-17(4-2,12-19)11-14-10-15(18)9-13-6-8-20-16(13)14/h9-10H,3-8,11-12H2,1-2H3. The number of benzene rings is 1. The van der Waals surface area contributed by atoms with E-state index in [0.29, 0.717) is 0 Å². The minimum Gasteiger partial charge on any atom is -0.493 e. The Kier molecular flexibility index (Phi) is 5.80. The minimum absolute atomic E-state index is 0.206. The summed E-state index contributed by atoms with van der Waals surface area (Å²) in [6, 6.07) is 4.40. The van der Waals surface area contributed by atoms with Gasteiger partial charge in [-0.25, -0.2) is 0 Å². The molecule has 1 heterocycles. The molecule has 0 fully saturated rings. The Bertz CT molecular complexity index is 455. The lowest BCUT2D eigenvalue weighted by Crippen LogP contribution is -2.25. The molecule has 3 heteroatoms. The maximum Gasteiger partial charge on any atom is 0.125 e. The van der Waals surface area contributed by atoms with Crippen LogP contribution in [0.1, 0.15) is 50.7 Å². The van der Waals surface area contributed by atoms with Crippen molar-refractivity contribution < 1.29 is 4.74 Å². The molecule has 0 N–H and O–H groups in total. The van der Waals surface area contributed by atoms with Gasteiger partial charge in [-0.05, 0) is 47.9 Å². The van der Waals surface area contributed by atoms with Gasteiger partial charge in [0.05, 0.1) is 6.61 Å². The molecule has 0 bridgehead atoms. The van der Waals surface area contributed by atoms with Gasteiger partial charge in [0, 0.05) is 16.8 Å². The summed E-state index contributed by atoms with van der Waals surface area (Å²) in [5.41, 5.74) is 2.87. The molecular weight excluding hydrogens is 336 g/mol. The van der Waals surface area contributed by atoms with Crippen LogP contribution >= 0.6 is 27.5 Å². The first-order valence-electron chi connectivity index (χ1n) is 7.64. The van der Waals surface area contributed by atoms with Crippen molar-refractivity contribution in [1.29, 1.82) is 0 Å². The van der Waals surface area contributed by atoms with Crippen molar-refractivity contribution in [2.45, 2.75) is 52.4 Å². The van der Waals surface area contributed by atoms with E-state index in [9.17, 15) is 0 Å². The molecule has 112 valence electrons. The van der Waals surface area contributed by atoms with Crippen LogP contribution in [0, 0.1) is 5.41 Å². The van der Waals surface area contributed by atoms with Crippen molar-refractivity contribution in [2.75, 3.05) is 12.5 Å². The predicted octanol–water partition coefficient (Wildman–Crippen LogP) is 5.75. The number of fused-ring (bicyclic) bond motifs is 1. The maximum atomic E-state index is 6.35. The normalized spacial score (nSPS) is 16.6. The van der Waals surface area contributed by atoms with Crippen molar-refractivity contribution in [2.24, 2.45) is 5.41 Å². The first-order valence-corrected chi connectivity index (χ1v) is 8.97. The van der Waals surface area contributed by atoms with Gasteiger partial charge in [0.2, 0.25) is 0 Å². The molecule has 0 radical (unpaired) electrons. The smallest absolute Gasteiger partial charge is 0.125 e. The Morgan fingerprint density at radius 1 is 1.35 bits per heavy atom. The van der Waals surface area contributed by atoms with Crippen LogP contribution in [0.4, 0.5) is 0 Å². The SMILES string of the molecule is CCCCC(CC)(CCl)Cc1cc(Br)cc2c1OCC2. The predicted molar refractivity (Wildman–Crippen MR) is 90.0 cm³/mol. The summed E-state index contributed by atoms with van der Waals surface area (Å²) in [6.45, 7) is 5.32. The highest BCUT2D eigenvalue weighted by atomic mass is 79.9. The zero-order chi connectivity index (χ0) is 14.6. The van der Waals surface area contributed by atoms with Gasteiger partial charge in [0.25, 0.3) is 0 Å². The van der Waals surface area contributed by atoms with Gasteiger partial charge in [-0.1, -0.05) is 42.6 Å². The van der Waals surface area contributed by atoms with E-state index >= 15 is 0 Å². The number of hydrogen-bond donors (Lipinski definition) is 0. The van der Waals surface area contributed by atoms with Crippen LogP contribution in [0.25, 0.3) is 0 Å². The van der Waals surface area contributed by atoms with Crippen molar-refractivity contribution in [1.82, 2.24) is 0 Å². The summed E-state index contributed by atoms with van der Waals surface area (Å²) in [4.78, 5) is 0. The van der Waals surface area contributed by atoms with Crippen LogP contribution in [0.3, 0.4) is 0 Å². The number of hydrogen-bond acceptors (Lipinski definition) is 1. The lowest BCUT2D eigenvalue weighted by Gasteiger charge is -2.31. The van der Waals surface area contributed by atoms with E-state index in [4.69, 9.17) is 16.3 Å². The topological polar surface area (TPSA) is 9.23 Å². The molecule has 2 rings (SSSR count). The van der Waals surface area contributed by atoms with E-state index in [1.165, 1.54) is 30.4 Å². The van der Waals surface area contributed by atoms with Gasteiger partial charge >= 0.3 is 0 Å². The van der Waals surface area contributed by atoms with Crippen LogP contribution in [0.15, 0.2) is 16.6 Å². The third-order valence-electron chi connectivity index (χ3n) is 4.48. The molecule has 20 heavy (non-hydrogen) atoms. The fourth-order valence-electron chi connectivity index (χ4n) is 3.03. The van der Waals surface area contributed by atoms with Gasteiger partial charge in [0.15, 0.2) is 0 Å². The number of halogens is 2. The lowest BCUT2D eigenvalue weighted by molar-refractivity contribution is 0.273. The number of unbranched alkanes of at least 4 members (excludes halogenated alkanes) is 1. The van der Waals surface area contributed by atoms with Gasteiger partial charge in [-0.15, -0.1) is 11.6 Å². The van der Waals surface area contributed by atoms with E-state index in [0.717, 1.165) is 42.0 Å². The maximum absolute atomic E-state index is 6.35. The molecule has 1 aliphatic rings. The van der Waals surface area contributed by atoms with E-state index < -0.39 is 0 Å². The molecule has 1 aromatic carbocycles. The molecule has 1 unspecified atom stereocenters. The Morgan fingerprint density at radius 3 is 2.80 bits per heavy atom. The van der Waals surface area contributed by atoms with Gasteiger partial charge in [-0.3, -0.25) is 0 Å². The van der Waals surface area contributed by atoms with Gasteiger partial charge < -0.3 is 4.74 Å². The number of rotatable bonds is 7. The molecule has 0 amide bonds. The molecule has 1 aliphatic heterocycles. The molecule has 1 aromatic rings. The molecule has 0 spiro atoms. The summed E-state index contributed by atoms with van der Waals surface area (Å²) in [6.07, 6.45) is 6.84. The van der Waals surface area contributed by atoms with Crippen LogP contribution in [-0.4, -0.2) is 12.5 Å². The molecular formula is C17H24BrClO. The highest BCUT2D eigenvalue weighted by Gasteiger charge is 2.30. The number of alkyl halides is 1. The largest absolute Gasteiger partial charge is 0.493 e. The average molecular weight is 360 g/mol. The van der Waals surface area contributed by atoms with Gasteiger partial charge in [0.1, 0.15) is 5.75 Å². The highest BCUT2D eigenvalue weighted by Crippen LogP contribution is 2.40. The highest BCUT2D eigenvalue weighted by molar-refractivity contribution is 9.10. The van der Waals surface area contributed by atoms with E-state index in [1.807, 2.05) is 0 Å². The summed E-state index contributed by atoms with van der Waals surface area (Å²) >= 11 is 9.98. The molecule has 0 aliphatic carbocycles. The second-order valence-electron chi connectivity index (χ2n) is 5.92. The Labute approximate surface area is 136 Å². The molecule has 0 aromatic heterocycles. The third kappa shape index (κ3) is 3.51. The van der Waals surface area contributed by atoms with Gasteiger partial charge in [-0.2, -0.15) is 0 Å². The molecule has 1 nitrogen and oxygen atoms in total. The quantitative estimate of drug-likeness (QED) is 0.563. The summed E-state index contributed by atoms with van der Waals surface area (Å²) in [7, 11) is 0. The summed E-state index contributed by atoms with van der Waals surface area (Å²) in [5, 5.41) is 0. The fraction of sp³-hybridized carbons (Fsp3) is 0.647. The van der Waals surface area contributed by atoms with Crippen LogP contribution in [0.5, 0.6) is 5.75 Å². The van der Waals surface area contributed by atoms with Crippen molar-refractivity contribution in [3.63, 3.8) is 0 Å². The molecule has 0 saturated carbocycles. The Morgan fingerprint density at radius 2 is 2.15 bits per heavy atom. The minimum atomic E-state index is 0.206. The third-order valence-corrected chi connectivity index (χ3v) is 5.51. The van der Waals surface area contributed by atoms with Crippen molar-refractivity contribution in [3.05, 3.63) is 27.7 Å². The summed E-state index contributed by atoms with van der Waals surface area (Å²) in [5.74, 6) is 1.85. The molecule has 1 atom stereocenters.